The van der Waals surface area contributed by atoms with E-state index < -0.39 is 0 Å². The van der Waals surface area contributed by atoms with Crippen LogP contribution >= 0.6 is 23.4 Å². The van der Waals surface area contributed by atoms with E-state index in [1.165, 1.54) is 18.9 Å². The summed E-state index contributed by atoms with van der Waals surface area (Å²) in [6, 6.07) is 5.35. The molecule has 1 aliphatic rings. The third kappa shape index (κ3) is 3.27. The molecule has 0 bridgehead atoms. The van der Waals surface area contributed by atoms with E-state index in [1.54, 1.807) is 24.0 Å². The van der Waals surface area contributed by atoms with Crippen LogP contribution in [-0.2, 0) is 9.59 Å². The van der Waals surface area contributed by atoms with Crippen molar-refractivity contribution in [2.24, 2.45) is 5.92 Å². The topological polar surface area (TPSA) is 46.6 Å². The molecular formula is C14H16ClNO3S. The van der Waals surface area contributed by atoms with Crippen LogP contribution in [0.3, 0.4) is 0 Å². The molecule has 1 heterocycles. The SMILES string of the molecule is COc1c(Cl)cccc1N1CC(CSC(C)=O)CC1=O. The Balaban J connectivity index is 2.16. The number of nitrogens with zero attached hydrogens (tertiary/aromatic N) is 1. The Labute approximate surface area is 127 Å². The predicted molar refractivity (Wildman–Crippen MR) is 81.6 cm³/mol. The Kier molecular flexibility index (Phi) is 4.94. The predicted octanol–water partition coefficient (Wildman–Crippen LogP) is 2.98. The average Bonchev–Trinajstić information content (AvgIpc) is 2.77. The molecule has 1 saturated heterocycles. The van der Waals surface area contributed by atoms with Gasteiger partial charge in [0.25, 0.3) is 0 Å². The van der Waals surface area contributed by atoms with Crippen molar-refractivity contribution in [3.05, 3.63) is 23.2 Å². The van der Waals surface area contributed by atoms with Crippen molar-refractivity contribution in [1.82, 2.24) is 0 Å². The second-order valence-electron chi connectivity index (χ2n) is 4.67. The minimum Gasteiger partial charge on any atom is -0.493 e. The van der Waals surface area contributed by atoms with Gasteiger partial charge in [0, 0.05) is 25.6 Å². The Morgan fingerprint density at radius 2 is 2.30 bits per heavy atom. The summed E-state index contributed by atoms with van der Waals surface area (Å²) in [5, 5.41) is 0.565. The first-order valence-corrected chi connectivity index (χ1v) is 7.65. The van der Waals surface area contributed by atoms with Crippen LogP contribution in [0.2, 0.25) is 5.02 Å². The summed E-state index contributed by atoms with van der Waals surface area (Å²) < 4.78 is 5.29. The number of ether oxygens (including phenoxy) is 1. The molecule has 4 nitrogen and oxygen atoms in total. The third-order valence-electron chi connectivity index (χ3n) is 3.17. The first kappa shape index (κ1) is 15.2. The lowest BCUT2D eigenvalue weighted by Gasteiger charge is -2.20. The summed E-state index contributed by atoms with van der Waals surface area (Å²) in [6.07, 6.45) is 0.454. The van der Waals surface area contributed by atoms with E-state index in [9.17, 15) is 9.59 Å². The van der Waals surface area contributed by atoms with Crippen LogP contribution in [0.15, 0.2) is 18.2 Å². The number of carbonyl (C=O) groups is 2. The molecular weight excluding hydrogens is 298 g/mol. The number of hydrogen-bond donors (Lipinski definition) is 0. The molecule has 1 atom stereocenters. The number of halogens is 1. The first-order valence-electron chi connectivity index (χ1n) is 6.29. The highest BCUT2D eigenvalue weighted by Crippen LogP contribution is 2.38. The number of methoxy groups -OCH3 is 1. The van der Waals surface area contributed by atoms with Gasteiger partial charge in [-0.25, -0.2) is 0 Å². The standard InChI is InChI=1S/C14H16ClNO3S/c1-9(17)20-8-10-6-13(18)16(7-10)12-5-3-4-11(15)14(12)19-2/h3-5,10H,6-8H2,1-2H3. The summed E-state index contributed by atoms with van der Waals surface area (Å²) in [5.41, 5.74) is 0.695. The Morgan fingerprint density at radius 3 is 2.95 bits per heavy atom. The van der Waals surface area contributed by atoms with Crippen molar-refractivity contribution in [3.8, 4) is 5.75 Å². The van der Waals surface area contributed by atoms with Gasteiger partial charge in [-0.05, 0) is 18.1 Å². The van der Waals surface area contributed by atoms with Crippen molar-refractivity contribution in [2.75, 3.05) is 24.3 Å². The van der Waals surface area contributed by atoms with Crippen molar-refractivity contribution < 1.29 is 14.3 Å². The number of anilines is 1. The summed E-state index contributed by atoms with van der Waals surface area (Å²) in [4.78, 5) is 24.8. The molecule has 1 aromatic rings. The third-order valence-corrected chi connectivity index (χ3v) is 4.51. The summed E-state index contributed by atoms with van der Waals surface area (Å²) in [5.74, 6) is 1.41. The molecule has 108 valence electrons. The Morgan fingerprint density at radius 1 is 1.55 bits per heavy atom. The highest BCUT2D eigenvalue weighted by Gasteiger charge is 2.32. The second-order valence-corrected chi connectivity index (χ2v) is 6.27. The van der Waals surface area contributed by atoms with E-state index in [2.05, 4.69) is 0 Å². The number of para-hydroxylation sites is 1. The fraction of sp³-hybridized carbons (Fsp3) is 0.429. The largest absolute Gasteiger partial charge is 0.493 e. The van der Waals surface area contributed by atoms with Crippen LogP contribution in [0.1, 0.15) is 13.3 Å². The maximum Gasteiger partial charge on any atom is 0.227 e. The lowest BCUT2D eigenvalue weighted by atomic mass is 10.1. The molecule has 6 heteroatoms. The van der Waals surface area contributed by atoms with E-state index in [1.807, 2.05) is 6.07 Å². The van der Waals surface area contributed by atoms with E-state index in [0.29, 0.717) is 35.2 Å². The zero-order valence-electron chi connectivity index (χ0n) is 11.4. The lowest BCUT2D eigenvalue weighted by molar-refractivity contribution is -0.117. The molecule has 1 aliphatic heterocycles. The van der Waals surface area contributed by atoms with Gasteiger partial charge in [0.2, 0.25) is 5.91 Å². The normalized spacial score (nSPS) is 18.4. The van der Waals surface area contributed by atoms with Crippen LogP contribution in [-0.4, -0.2) is 30.4 Å². The van der Waals surface area contributed by atoms with Crippen molar-refractivity contribution in [1.29, 1.82) is 0 Å². The number of rotatable bonds is 4. The zero-order valence-corrected chi connectivity index (χ0v) is 13.0. The number of amides is 1. The first-order chi connectivity index (χ1) is 9.52. The number of thioether (sulfide) groups is 1. The molecule has 20 heavy (non-hydrogen) atoms. The van der Waals surface area contributed by atoms with E-state index in [4.69, 9.17) is 16.3 Å². The summed E-state index contributed by atoms with van der Waals surface area (Å²) in [7, 11) is 1.54. The molecule has 1 fully saturated rings. The van der Waals surface area contributed by atoms with Gasteiger partial charge < -0.3 is 9.64 Å². The maximum atomic E-state index is 12.1. The molecule has 1 amide bonds. The highest BCUT2D eigenvalue weighted by molar-refractivity contribution is 8.13. The lowest BCUT2D eigenvalue weighted by Crippen LogP contribution is -2.25. The van der Waals surface area contributed by atoms with Gasteiger partial charge >= 0.3 is 0 Å². The van der Waals surface area contributed by atoms with Gasteiger partial charge in [0.05, 0.1) is 17.8 Å². The van der Waals surface area contributed by atoms with Crippen LogP contribution in [0.4, 0.5) is 5.69 Å². The fourth-order valence-electron chi connectivity index (χ4n) is 2.27. The molecule has 0 spiro atoms. The molecule has 0 aliphatic carbocycles. The molecule has 2 rings (SSSR count). The molecule has 1 unspecified atom stereocenters. The van der Waals surface area contributed by atoms with E-state index in [0.717, 1.165) is 0 Å². The molecule has 0 N–H and O–H groups in total. The van der Waals surface area contributed by atoms with Crippen molar-refractivity contribution in [3.63, 3.8) is 0 Å². The van der Waals surface area contributed by atoms with Crippen LogP contribution in [0.25, 0.3) is 0 Å². The number of benzene rings is 1. The average molecular weight is 314 g/mol. The maximum absolute atomic E-state index is 12.1. The van der Waals surface area contributed by atoms with Crippen LogP contribution in [0.5, 0.6) is 5.75 Å². The smallest absolute Gasteiger partial charge is 0.227 e. The van der Waals surface area contributed by atoms with Gasteiger partial charge in [-0.3, -0.25) is 9.59 Å². The van der Waals surface area contributed by atoms with Crippen molar-refractivity contribution in [2.45, 2.75) is 13.3 Å². The Hall–Kier alpha value is -1.20. The van der Waals surface area contributed by atoms with Gasteiger partial charge in [0.1, 0.15) is 0 Å². The zero-order chi connectivity index (χ0) is 14.7. The summed E-state index contributed by atoms with van der Waals surface area (Å²) >= 11 is 7.35. The molecule has 0 radical (unpaired) electrons. The van der Waals surface area contributed by atoms with Gasteiger partial charge in [0.15, 0.2) is 10.9 Å². The molecule has 0 saturated carbocycles. The minimum absolute atomic E-state index is 0.0414. The van der Waals surface area contributed by atoms with Crippen LogP contribution in [0, 0.1) is 5.92 Å². The molecule has 0 aromatic heterocycles. The minimum atomic E-state index is 0.0414. The number of carbonyl (C=O) groups excluding carboxylic acids is 2. The van der Waals surface area contributed by atoms with Gasteiger partial charge in [-0.15, -0.1) is 0 Å². The second kappa shape index (κ2) is 6.50. The van der Waals surface area contributed by atoms with Gasteiger partial charge in [-0.2, -0.15) is 0 Å². The number of hydrogen-bond acceptors (Lipinski definition) is 4. The van der Waals surface area contributed by atoms with E-state index in [-0.39, 0.29) is 16.9 Å². The summed E-state index contributed by atoms with van der Waals surface area (Å²) in [6.45, 7) is 2.13. The monoisotopic (exact) mass is 313 g/mol. The van der Waals surface area contributed by atoms with Crippen LogP contribution < -0.4 is 9.64 Å². The van der Waals surface area contributed by atoms with Gasteiger partial charge in [-0.1, -0.05) is 29.4 Å². The highest BCUT2D eigenvalue weighted by atomic mass is 35.5. The quantitative estimate of drug-likeness (QED) is 0.857. The molecule has 1 aromatic carbocycles. The van der Waals surface area contributed by atoms with Crippen molar-refractivity contribution >= 4 is 40.1 Å². The van der Waals surface area contributed by atoms with E-state index >= 15 is 0 Å². The fourth-order valence-corrected chi connectivity index (χ4v) is 3.21. The Bertz CT molecular complexity index is 535.